The Bertz CT molecular complexity index is 658. The Balaban J connectivity index is 2.58. The molecule has 0 spiro atoms. The lowest BCUT2D eigenvalue weighted by Gasteiger charge is -2.22. The minimum absolute atomic E-state index is 0.209. The van der Waals surface area contributed by atoms with E-state index in [2.05, 4.69) is 53.1 Å². The van der Waals surface area contributed by atoms with Crippen LogP contribution >= 0.6 is 47.8 Å². The highest BCUT2D eigenvalue weighted by Gasteiger charge is 2.20. The molecule has 2 rings (SSSR count). The molecule has 1 unspecified atom stereocenters. The fourth-order valence-corrected chi connectivity index (χ4v) is 3.64. The lowest BCUT2D eigenvalue weighted by Crippen LogP contribution is -2.23. The summed E-state index contributed by atoms with van der Waals surface area (Å²) in [5.41, 5.74) is 2.77. The SMILES string of the molecule is CCNC(c1cc(Br)ccc1F)c1cc(Br)c(C)cc1Br. The molecular formula is C16H15Br3FN. The largest absolute Gasteiger partial charge is 0.306 e. The van der Waals surface area contributed by atoms with Crippen LogP contribution in [0.4, 0.5) is 4.39 Å². The molecule has 1 N–H and O–H groups in total. The molecule has 112 valence electrons. The number of hydrogen-bond donors (Lipinski definition) is 1. The maximum atomic E-state index is 14.3. The molecule has 21 heavy (non-hydrogen) atoms. The maximum absolute atomic E-state index is 14.3. The number of benzene rings is 2. The van der Waals surface area contributed by atoms with Crippen molar-refractivity contribution in [3.05, 3.63) is 66.3 Å². The molecule has 0 radical (unpaired) electrons. The minimum Gasteiger partial charge on any atom is -0.306 e. The van der Waals surface area contributed by atoms with Crippen LogP contribution in [0.3, 0.4) is 0 Å². The average Bonchev–Trinajstić information content (AvgIpc) is 2.43. The first-order valence-electron chi connectivity index (χ1n) is 6.58. The van der Waals surface area contributed by atoms with Crippen LogP contribution in [-0.2, 0) is 0 Å². The summed E-state index contributed by atoms with van der Waals surface area (Å²) in [6.45, 7) is 4.79. The van der Waals surface area contributed by atoms with Gasteiger partial charge in [0.25, 0.3) is 0 Å². The van der Waals surface area contributed by atoms with Crippen LogP contribution < -0.4 is 5.32 Å². The molecule has 1 nitrogen and oxygen atoms in total. The van der Waals surface area contributed by atoms with Crippen LogP contribution in [0.15, 0.2) is 43.7 Å². The molecule has 5 heteroatoms. The number of rotatable bonds is 4. The maximum Gasteiger partial charge on any atom is 0.128 e. The van der Waals surface area contributed by atoms with E-state index in [1.165, 1.54) is 6.07 Å². The van der Waals surface area contributed by atoms with Crippen LogP contribution in [0.25, 0.3) is 0 Å². The summed E-state index contributed by atoms with van der Waals surface area (Å²) in [6, 6.07) is 8.89. The highest BCUT2D eigenvalue weighted by atomic mass is 79.9. The summed E-state index contributed by atoms with van der Waals surface area (Å²) >= 11 is 10.6. The quantitative estimate of drug-likeness (QED) is 0.557. The van der Waals surface area contributed by atoms with Crippen molar-refractivity contribution in [3.8, 4) is 0 Å². The van der Waals surface area contributed by atoms with Crippen molar-refractivity contribution in [2.24, 2.45) is 0 Å². The van der Waals surface area contributed by atoms with Crippen molar-refractivity contribution in [3.63, 3.8) is 0 Å². The van der Waals surface area contributed by atoms with E-state index in [9.17, 15) is 4.39 Å². The molecule has 0 amide bonds. The lowest BCUT2D eigenvalue weighted by atomic mass is 9.97. The van der Waals surface area contributed by atoms with E-state index in [0.29, 0.717) is 5.56 Å². The molecule has 0 aliphatic rings. The second kappa shape index (κ2) is 7.36. The molecule has 0 aliphatic heterocycles. The number of hydrogen-bond acceptors (Lipinski definition) is 1. The van der Waals surface area contributed by atoms with Crippen molar-refractivity contribution in [2.75, 3.05) is 6.54 Å². The van der Waals surface area contributed by atoms with Gasteiger partial charge >= 0.3 is 0 Å². The van der Waals surface area contributed by atoms with E-state index in [1.54, 1.807) is 6.07 Å². The van der Waals surface area contributed by atoms with Crippen molar-refractivity contribution in [1.29, 1.82) is 0 Å². The Morgan fingerprint density at radius 2 is 1.76 bits per heavy atom. The molecule has 1 atom stereocenters. The summed E-state index contributed by atoms with van der Waals surface area (Å²) in [5.74, 6) is -0.215. The zero-order chi connectivity index (χ0) is 15.6. The molecular weight excluding hydrogens is 465 g/mol. The van der Waals surface area contributed by atoms with Gasteiger partial charge in [-0.1, -0.05) is 54.7 Å². The molecule has 0 fully saturated rings. The van der Waals surface area contributed by atoms with Crippen molar-refractivity contribution < 1.29 is 4.39 Å². The fraction of sp³-hybridized carbons (Fsp3) is 0.250. The topological polar surface area (TPSA) is 12.0 Å². The summed E-state index contributed by atoms with van der Waals surface area (Å²) in [5, 5.41) is 3.36. The number of nitrogens with one attached hydrogen (secondary N) is 1. The third-order valence-corrected chi connectivity index (χ3v) is 5.30. The highest BCUT2D eigenvalue weighted by Crippen LogP contribution is 2.34. The average molecular weight is 480 g/mol. The fourth-order valence-electron chi connectivity index (χ4n) is 2.21. The zero-order valence-electron chi connectivity index (χ0n) is 11.7. The van der Waals surface area contributed by atoms with E-state index in [0.717, 1.165) is 31.1 Å². The molecule has 0 saturated carbocycles. The van der Waals surface area contributed by atoms with Gasteiger partial charge < -0.3 is 5.32 Å². The molecule has 0 heterocycles. The molecule has 2 aromatic rings. The second-order valence-corrected chi connectivity index (χ2v) is 7.40. The van der Waals surface area contributed by atoms with Gasteiger partial charge in [-0.15, -0.1) is 0 Å². The normalized spacial score (nSPS) is 12.5. The standard InChI is InChI=1S/C16H15Br3FN/c1-3-21-16(12-7-10(17)4-5-15(12)20)11-8-13(18)9(2)6-14(11)19/h4-8,16,21H,3H2,1-2H3. The van der Waals surface area contributed by atoms with Crippen LogP contribution in [0.5, 0.6) is 0 Å². The van der Waals surface area contributed by atoms with Crippen LogP contribution in [0.2, 0.25) is 0 Å². The lowest BCUT2D eigenvalue weighted by molar-refractivity contribution is 0.557. The number of aryl methyl sites for hydroxylation is 1. The Morgan fingerprint density at radius 1 is 1.05 bits per heavy atom. The Labute approximate surface area is 149 Å². The van der Waals surface area contributed by atoms with Gasteiger partial charge in [0.1, 0.15) is 5.82 Å². The Kier molecular flexibility index (Phi) is 6.00. The van der Waals surface area contributed by atoms with Crippen molar-refractivity contribution >= 4 is 47.8 Å². The first-order valence-corrected chi connectivity index (χ1v) is 8.95. The molecule has 0 saturated heterocycles. The van der Waals surface area contributed by atoms with Gasteiger partial charge in [0.05, 0.1) is 6.04 Å². The summed E-state index contributed by atoms with van der Waals surface area (Å²) in [7, 11) is 0. The number of halogens is 4. The van der Waals surface area contributed by atoms with E-state index < -0.39 is 0 Å². The van der Waals surface area contributed by atoms with E-state index in [4.69, 9.17) is 0 Å². The Morgan fingerprint density at radius 3 is 2.43 bits per heavy atom. The molecule has 2 aromatic carbocycles. The molecule has 0 bridgehead atoms. The van der Waals surface area contributed by atoms with Crippen LogP contribution in [0.1, 0.15) is 29.7 Å². The molecule has 0 aromatic heterocycles. The smallest absolute Gasteiger partial charge is 0.128 e. The zero-order valence-corrected chi connectivity index (χ0v) is 16.4. The van der Waals surface area contributed by atoms with Gasteiger partial charge in [0, 0.05) is 19.0 Å². The van der Waals surface area contributed by atoms with Gasteiger partial charge in [-0.05, 0) is 54.9 Å². The van der Waals surface area contributed by atoms with Gasteiger partial charge in [0.15, 0.2) is 0 Å². The first-order chi connectivity index (χ1) is 9.93. The van der Waals surface area contributed by atoms with Crippen LogP contribution in [-0.4, -0.2) is 6.54 Å². The first kappa shape index (κ1) is 17.1. The third kappa shape index (κ3) is 3.95. The summed E-state index contributed by atoms with van der Waals surface area (Å²) < 4.78 is 17.1. The van der Waals surface area contributed by atoms with Gasteiger partial charge in [-0.25, -0.2) is 4.39 Å². The summed E-state index contributed by atoms with van der Waals surface area (Å²) in [6.07, 6.45) is 0. The predicted octanol–water partition coefficient (Wildman–Crippen LogP) is 6.12. The van der Waals surface area contributed by atoms with Crippen molar-refractivity contribution in [1.82, 2.24) is 5.32 Å². The van der Waals surface area contributed by atoms with Gasteiger partial charge in [0.2, 0.25) is 0 Å². The van der Waals surface area contributed by atoms with E-state index in [1.807, 2.05) is 32.0 Å². The van der Waals surface area contributed by atoms with Gasteiger partial charge in [-0.3, -0.25) is 0 Å². The second-order valence-electron chi connectivity index (χ2n) is 4.78. The third-order valence-electron chi connectivity index (χ3n) is 3.27. The van der Waals surface area contributed by atoms with E-state index in [-0.39, 0.29) is 11.9 Å². The van der Waals surface area contributed by atoms with Crippen LogP contribution in [0, 0.1) is 12.7 Å². The van der Waals surface area contributed by atoms with Crippen molar-refractivity contribution in [2.45, 2.75) is 19.9 Å². The van der Waals surface area contributed by atoms with Gasteiger partial charge in [-0.2, -0.15) is 0 Å². The summed E-state index contributed by atoms with van der Waals surface area (Å²) in [4.78, 5) is 0. The minimum atomic E-state index is -0.215. The Hall–Kier alpha value is -0.230. The molecule has 0 aliphatic carbocycles. The predicted molar refractivity (Wildman–Crippen MR) is 96.2 cm³/mol. The highest BCUT2D eigenvalue weighted by molar-refractivity contribution is 9.11. The van der Waals surface area contributed by atoms with E-state index >= 15 is 0 Å². The monoisotopic (exact) mass is 477 g/mol.